The summed E-state index contributed by atoms with van der Waals surface area (Å²) in [5, 5.41) is 5.36. The summed E-state index contributed by atoms with van der Waals surface area (Å²) < 4.78 is 0. The van der Waals surface area contributed by atoms with Gasteiger partial charge in [-0.3, -0.25) is 14.4 Å². The maximum Gasteiger partial charge on any atom is 0.243 e. The number of anilines is 1. The van der Waals surface area contributed by atoms with E-state index in [0.717, 1.165) is 22.4 Å². The van der Waals surface area contributed by atoms with Gasteiger partial charge in [0.1, 0.15) is 0 Å². The number of hydrogen-bond acceptors (Lipinski definition) is 3. The summed E-state index contributed by atoms with van der Waals surface area (Å²) in [6.07, 6.45) is 0.177. The smallest absolute Gasteiger partial charge is 0.243 e. The number of aryl methyl sites for hydroxylation is 3. The van der Waals surface area contributed by atoms with Gasteiger partial charge >= 0.3 is 0 Å². The molecule has 2 aromatic carbocycles. The van der Waals surface area contributed by atoms with E-state index in [2.05, 4.69) is 10.6 Å². The fraction of sp³-hybridized carbons (Fsp3) is 0.286. The molecular formula is C21H24N2O3. The lowest BCUT2D eigenvalue weighted by Crippen LogP contribution is -2.33. The van der Waals surface area contributed by atoms with Crippen molar-refractivity contribution in [2.75, 3.05) is 11.9 Å². The molecule has 0 saturated heterocycles. The number of amides is 2. The van der Waals surface area contributed by atoms with Crippen LogP contribution in [-0.2, 0) is 9.59 Å². The van der Waals surface area contributed by atoms with Crippen LogP contribution in [0.5, 0.6) is 0 Å². The van der Waals surface area contributed by atoms with Gasteiger partial charge in [0, 0.05) is 24.1 Å². The van der Waals surface area contributed by atoms with Crippen molar-refractivity contribution in [3.63, 3.8) is 0 Å². The van der Waals surface area contributed by atoms with Crippen LogP contribution in [0.15, 0.2) is 42.5 Å². The Morgan fingerprint density at radius 3 is 2.04 bits per heavy atom. The Kier molecular flexibility index (Phi) is 6.67. The number of ketones is 1. The topological polar surface area (TPSA) is 75.3 Å². The molecule has 5 heteroatoms. The lowest BCUT2D eigenvalue weighted by Gasteiger charge is -2.12. The maximum atomic E-state index is 12.1. The first-order chi connectivity index (χ1) is 12.4. The van der Waals surface area contributed by atoms with Crippen LogP contribution in [0.2, 0.25) is 0 Å². The average molecular weight is 352 g/mol. The van der Waals surface area contributed by atoms with E-state index in [1.165, 1.54) is 0 Å². The molecule has 136 valence electrons. The molecular weight excluding hydrogens is 328 g/mol. The molecule has 0 unspecified atom stereocenters. The van der Waals surface area contributed by atoms with Crippen molar-refractivity contribution in [3.05, 3.63) is 64.7 Å². The molecule has 26 heavy (non-hydrogen) atoms. The fourth-order valence-corrected chi connectivity index (χ4v) is 2.57. The normalized spacial score (nSPS) is 10.3. The van der Waals surface area contributed by atoms with Gasteiger partial charge < -0.3 is 10.6 Å². The van der Waals surface area contributed by atoms with Crippen LogP contribution >= 0.6 is 0 Å². The molecule has 0 atom stereocenters. The van der Waals surface area contributed by atoms with E-state index in [4.69, 9.17) is 0 Å². The predicted molar refractivity (Wildman–Crippen MR) is 102 cm³/mol. The second kappa shape index (κ2) is 8.94. The Morgan fingerprint density at radius 2 is 1.42 bits per heavy atom. The predicted octanol–water partition coefficient (Wildman–Crippen LogP) is 3.33. The first-order valence-electron chi connectivity index (χ1n) is 8.59. The Hall–Kier alpha value is -2.95. The Labute approximate surface area is 153 Å². The Morgan fingerprint density at radius 1 is 0.808 bits per heavy atom. The highest BCUT2D eigenvalue weighted by Gasteiger charge is 2.11. The summed E-state index contributed by atoms with van der Waals surface area (Å²) in [5.74, 6) is -0.692. The number of Topliss-reactive ketones (excluding diaryl/α,β-unsaturated/α-hetero) is 1. The monoisotopic (exact) mass is 352 g/mol. The molecule has 0 bridgehead atoms. The lowest BCUT2D eigenvalue weighted by atomic mass is 10.1. The summed E-state index contributed by atoms with van der Waals surface area (Å²) in [6.45, 7) is 5.66. The van der Waals surface area contributed by atoms with E-state index in [1.807, 2.05) is 51.1 Å². The van der Waals surface area contributed by atoms with Gasteiger partial charge in [0.2, 0.25) is 11.8 Å². The van der Waals surface area contributed by atoms with E-state index in [1.54, 1.807) is 12.1 Å². The molecule has 5 nitrogen and oxygen atoms in total. The standard InChI is InChI=1S/C21H24N2O3/c1-14-7-9-17(10-8-14)18(24)11-12-19(25)22-13-20(26)23-21-15(2)5-4-6-16(21)3/h4-10H,11-13H2,1-3H3,(H,22,25)(H,23,26). The number of carbonyl (C=O) groups is 3. The van der Waals surface area contributed by atoms with Crippen LogP contribution in [0, 0.1) is 20.8 Å². The fourth-order valence-electron chi connectivity index (χ4n) is 2.57. The molecule has 2 amide bonds. The molecule has 0 fully saturated rings. The minimum Gasteiger partial charge on any atom is -0.347 e. The molecule has 0 aliphatic carbocycles. The number of nitrogens with one attached hydrogen (secondary N) is 2. The molecule has 0 aliphatic rings. The van der Waals surface area contributed by atoms with E-state index in [0.29, 0.717) is 5.56 Å². The average Bonchev–Trinajstić information content (AvgIpc) is 2.61. The van der Waals surface area contributed by atoms with Gasteiger partial charge in [-0.15, -0.1) is 0 Å². The van der Waals surface area contributed by atoms with Crippen molar-refractivity contribution < 1.29 is 14.4 Å². The second-order valence-corrected chi connectivity index (χ2v) is 6.38. The molecule has 2 aromatic rings. The van der Waals surface area contributed by atoms with Gasteiger partial charge in [-0.1, -0.05) is 48.0 Å². The molecule has 0 aromatic heterocycles. The molecule has 2 N–H and O–H groups in total. The van der Waals surface area contributed by atoms with Gasteiger partial charge in [0.15, 0.2) is 5.78 Å². The molecule has 0 saturated carbocycles. The number of hydrogen-bond donors (Lipinski definition) is 2. The SMILES string of the molecule is Cc1ccc(C(=O)CCC(=O)NCC(=O)Nc2c(C)cccc2C)cc1. The summed E-state index contributed by atoms with van der Waals surface area (Å²) in [4.78, 5) is 36.0. The van der Waals surface area contributed by atoms with E-state index < -0.39 is 0 Å². The van der Waals surface area contributed by atoms with Crippen LogP contribution in [-0.4, -0.2) is 24.1 Å². The zero-order valence-corrected chi connectivity index (χ0v) is 15.4. The number of carbonyl (C=O) groups excluding carboxylic acids is 3. The quantitative estimate of drug-likeness (QED) is 0.751. The zero-order valence-electron chi connectivity index (χ0n) is 15.4. The van der Waals surface area contributed by atoms with E-state index in [-0.39, 0.29) is 37.0 Å². The van der Waals surface area contributed by atoms with Gasteiger partial charge in [0.25, 0.3) is 0 Å². The third-order valence-corrected chi connectivity index (χ3v) is 4.14. The highest BCUT2D eigenvalue weighted by Crippen LogP contribution is 2.19. The Bertz CT molecular complexity index is 790. The van der Waals surface area contributed by atoms with E-state index in [9.17, 15) is 14.4 Å². The summed E-state index contributed by atoms with van der Waals surface area (Å²) in [7, 11) is 0. The lowest BCUT2D eigenvalue weighted by molar-refractivity contribution is -0.124. The Balaban J connectivity index is 1.77. The molecule has 0 heterocycles. The van der Waals surface area contributed by atoms with Crippen molar-refractivity contribution in [2.45, 2.75) is 33.6 Å². The first kappa shape index (κ1) is 19.4. The maximum absolute atomic E-state index is 12.1. The van der Waals surface area contributed by atoms with E-state index >= 15 is 0 Å². The number of para-hydroxylation sites is 1. The highest BCUT2D eigenvalue weighted by atomic mass is 16.2. The molecule has 0 spiro atoms. The third kappa shape index (κ3) is 5.55. The molecule has 0 aliphatic heterocycles. The van der Waals surface area contributed by atoms with Crippen molar-refractivity contribution in [1.82, 2.24) is 5.32 Å². The zero-order chi connectivity index (χ0) is 19.1. The van der Waals surface area contributed by atoms with Gasteiger partial charge in [-0.25, -0.2) is 0 Å². The van der Waals surface area contributed by atoms with Crippen molar-refractivity contribution in [2.24, 2.45) is 0 Å². The number of benzene rings is 2. The van der Waals surface area contributed by atoms with Crippen LogP contribution in [0.3, 0.4) is 0 Å². The third-order valence-electron chi connectivity index (χ3n) is 4.14. The second-order valence-electron chi connectivity index (χ2n) is 6.38. The molecule has 0 radical (unpaired) electrons. The van der Waals surface area contributed by atoms with Crippen LogP contribution in [0.4, 0.5) is 5.69 Å². The first-order valence-corrected chi connectivity index (χ1v) is 8.59. The van der Waals surface area contributed by atoms with Gasteiger partial charge in [0.05, 0.1) is 6.54 Å². The minimum absolute atomic E-state index is 0.0589. The summed E-state index contributed by atoms with van der Waals surface area (Å²) >= 11 is 0. The molecule has 2 rings (SSSR count). The van der Waals surface area contributed by atoms with Gasteiger partial charge in [-0.2, -0.15) is 0 Å². The van der Waals surface area contributed by atoms with Gasteiger partial charge in [-0.05, 0) is 31.9 Å². The summed E-state index contributed by atoms with van der Waals surface area (Å²) in [6, 6.07) is 13.0. The summed E-state index contributed by atoms with van der Waals surface area (Å²) in [5.41, 5.74) is 4.37. The number of rotatable bonds is 7. The highest BCUT2D eigenvalue weighted by molar-refractivity contribution is 5.99. The van der Waals surface area contributed by atoms with Crippen LogP contribution in [0.25, 0.3) is 0 Å². The largest absolute Gasteiger partial charge is 0.347 e. The van der Waals surface area contributed by atoms with Crippen molar-refractivity contribution in [3.8, 4) is 0 Å². The minimum atomic E-state index is -0.317. The van der Waals surface area contributed by atoms with Crippen LogP contribution in [0.1, 0.15) is 39.9 Å². The van der Waals surface area contributed by atoms with Crippen LogP contribution < -0.4 is 10.6 Å². The van der Waals surface area contributed by atoms with Crippen molar-refractivity contribution in [1.29, 1.82) is 0 Å². The van der Waals surface area contributed by atoms with Crippen molar-refractivity contribution >= 4 is 23.3 Å².